The first-order valence-electron chi connectivity index (χ1n) is 12.6. The summed E-state index contributed by atoms with van der Waals surface area (Å²) in [5.74, 6) is 0.306. The number of rotatable bonds is 8. The number of piperidine rings is 1. The molecule has 3 aromatic heterocycles. The van der Waals surface area contributed by atoms with Crippen LogP contribution in [-0.2, 0) is 20.1 Å². The minimum atomic E-state index is -0.960. The van der Waals surface area contributed by atoms with Crippen molar-refractivity contribution in [3.05, 3.63) is 77.4 Å². The maximum Gasteiger partial charge on any atom is 0.339 e. The maximum absolute atomic E-state index is 12.0. The number of carboxylic acids is 1. The van der Waals surface area contributed by atoms with E-state index in [4.69, 9.17) is 0 Å². The number of carboxylic acid groups (broad SMARTS) is 1. The lowest BCUT2D eigenvalue weighted by Gasteiger charge is -2.26. The molecule has 1 saturated heterocycles. The van der Waals surface area contributed by atoms with Crippen molar-refractivity contribution in [2.24, 2.45) is 7.05 Å². The highest BCUT2D eigenvalue weighted by Gasteiger charge is 2.46. The van der Waals surface area contributed by atoms with Crippen molar-refractivity contribution in [3.63, 3.8) is 0 Å². The molecule has 4 aromatic rings. The molecule has 1 aliphatic carbocycles. The van der Waals surface area contributed by atoms with Crippen LogP contribution in [-0.4, -0.2) is 63.4 Å². The molecule has 186 valence electrons. The molecule has 6 rings (SSSR count). The lowest BCUT2D eigenvalue weighted by atomic mass is 10.1. The Morgan fingerprint density at radius 3 is 2.78 bits per heavy atom. The number of benzene rings is 1. The Balaban J connectivity index is 1.26. The van der Waals surface area contributed by atoms with E-state index in [0.717, 1.165) is 54.5 Å². The normalized spacial score (nSPS) is 20.0. The van der Waals surface area contributed by atoms with E-state index in [1.54, 1.807) is 9.36 Å². The zero-order chi connectivity index (χ0) is 24.6. The summed E-state index contributed by atoms with van der Waals surface area (Å²) in [5, 5.41) is 22.6. The number of nitrogens with zero attached hydrogens (tertiary/aromatic N) is 8. The van der Waals surface area contributed by atoms with Gasteiger partial charge < -0.3 is 9.67 Å². The average molecular weight is 487 g/mol. The number of aromatic nitrogens is 7. The Hall–Kier alpha value is -3.79. The molecule has 0 spiro atoms. The molecule has 0 bridgehead atoms. The summed E-state index contributed by atoms with van der Waals surface area (Å²) in [6, 6.07) is 8.17. The number of hydrogen-bond donors (Lipinski definition) is 1. The smallest absolute Gasteiger partial charge is 0.339 e. The summed E-state index contributed by atoms with van der Waals surface area (Å²) < 4.78 is 5.67. The molecule has 1 N–H and O–H groups in total. The Kier molecular flexibility index (Phi) is 5.88. The second-order valence-corrected chi connectivity index (χ2v) is 9.90. The molecule has 2 fully saturated rings. The van der Waals surface area contributed by atoms with Crippen molar-refractivity contribution >= 4 is 5.97 Å². The molecule has 1 aromatic carbocycles. The van der Waals surface area contributed by atoms with Crippen LogP contribution in [0.3, 0.4) is 0 Å². The van der Waals surface area contributed by atoms with Crippen molar-refractivity contribution in [1.29, 1.82) is 0 Å². The van der Waals surface area contributed by atoms with E-state index < -0.39 is 5.97 Å². The highest BCUT2D eigenvalue weighted by atomic mass is 16.4. The van der Waals surface area contributed by atoms with Gasteiger partial charge in [0.1, 0.15) is 11.4 Å². The first-order chi connectivity index (χ1) is 17.6. The van der Waals surface area contributed by atoms with E-state index in [9.17, 15) is 9.90 Å². The van der Waals surface area contributed by atoms with Crippen molar-refractivity contribution in [2.45, 2.75) is 50.6 Å². The molecule has 1 unspecified atom stereocenters. The molecule has 0 amide bonds. The monoisotopic (exact) mass is 486 g/mol. The number of hydrogen-bond acceptors (Lipinski definition) is 6. The van der Waals surface area contributed by atoms with Crippen LogP contribution < -0.4 is 0 Å². The SMILES string of the molecule is Cn1cc([C@@H]2CC2c2c(C(=O)O)cnn2-c2cccc(Cn3ccnc3CN3CCCCC3)c2)nn1. The zero-order valence-corrected chi connectivity index (χ0v) is 20.4. The second-order valence-electron chi connectivity index (χ2n) is 9.90. The van der Waals surface area contributed by atoms with Gasteiger partial charge in [-0.05, 0) is 50.0 Å². The molecule has 2 atom stereocenters. The number of aromatic carboxylic acids is 1. The van der Waals surface area contributed by atoms with Gasteiger partial charge in [0, 0.05) is 44.0 Å². The van der Waals surface area contributed by atoms with E-state index in [1.165, 1.54) is 25.5 Å². The molecule has 4 heterocycles. The quantitative estimate of drug-likeness (QED) is 0.408. The molecular weight excluding hydrogens is 456 g/mol. The fraction of sp³-hybridized carbons (Fsp3) is 0.423. The van der Waals surface area contributed by atoms with Gasteiger partial charge in [-0.2, -0.15) is 5.10 Å². The largest absolute Gasteiger partial charge is 0.478 e. The minimum absolute atomic E-state index is 0.0451. The average Bonchev–Trinajstić information content (AvgIpc) is 3.19. The molecule has 36 heavy (non-hydrogen) atoms. The standard InChI is InChI=1S/C26H30N8O2/c1-31-16-23(29-30-31)20-13-21(20)25-22(26(35)36)14-28-34(25)19-7-5-6-18(12-19)15-33-11-8-27-24(33)17-32-9-3-2-4-10-32/h5-8,11-12,14,16,20-21H,2-4,9-10,13,15,17H2,1H3,(H,35,36)/t20-,21?/m1/s1. The summed E-state index contributed by atoms with van der Waals surface area (Å²) in [5.41, 5.74) is 3.84. The Morgan fingerprint density at radius 2 is 2.00 bits per heavy atom. The topological polar surface area (TPSA) is 107 Å². The molecule has 1 saturated carbocycles. The van der Waals surface area contributed by atoms with E-state index in [0.29, 0.717) is 6.54 Å². The zero-order valence-electron chi connectivity index (χ0n) is 20.4. The number of imidazole rings is 1. The van der Waals surface area contributed by atoms with Crippen LogP contribution in [0.5, 0.6) is 0 Å². The summed E-state index contributed by atoms with van der Waals surface area (Å²) in [4.78, 5) is 19.1. The van der Waals surface area contributed by atoms with Gasteiger partial charge in [-0.3, -0.25) is 9.58 Å². The van der Waals surface area contributed by atoms with Gasteiger partial charge >= 0.3 is 5.97 Å². The lowest BCUT2D eigenvalue weighted by molar-refractivity contribution is 0.0695. The highest BCUT2D eigenvalue weighted by Crippen LogP contribution is 2.55. The Bertz CT molecular complexity index is 1380. The van der Waals surface area contributed by atoms with Crippen molar-refractivity contribution in [1.82, 2.24) is 39.2 Å². The van der Waals surface area contributed by atoms with E-state index in [2.05, 4.69) is 42.0 Å². The van der Waals surface area contributed by atoms with Gasteiger partial charge in [-0.1, -0.05) is 23.8 Å². The van der Waals surface area contributed by atoms with Gasteiger partial charge in [0.2, 0.25) is 0 Å². The molecule has 10 nitrogen and oxygen atoms in total. The summed E-state index contributed by atoms with van der Waals surface area (Å²) in [6.45, 7) is 3.83. The van der Waals surface area contributed by atoms with Gasteiger partial charge in [-0.15, -0.1) is 5.10 Å². The van der Waals surface area contributed by atoms with Crippen LogP contribution in [0, 0.1) is 0 Å². The van der Waals surface area contributed by atoms with Gasteiger partial charge in [0.05, 0.1) is 29.8 Å². The molecule has 10 heteroatoms. The first-order valence-corrected chi connectivity index (χ1v) is 12.6. The van der Waals surface area contributed by atoms with Gasteiger partial charge in [0.15, 0.2) is 0 Å². The summed E-state index contributed by atoms with van der Waals surface area (Å²) in [7, 11) is 1.84. The van der Waals surface area contributed by atoms with Crippen LogP contribution in [0.1, 0.15) is 70.7 Å². The third kappa shape index (κ3) is 4.44. The number of aryl methyl sites for hydroxylation is 1. The molecule has 0 radical (unpaired) electrons. The van der Waals surface area contributed by atoms with Crippen LogP contribution in [0.15, 0.2) is 49.1 Å². The van der Waals surface area contributed by atoms with Crippen molar-refractivity contribution in [3.8, 4) is 5.69 Å². The summed E-state index contributed by atoms with van der Waals surface area (Å²) >= 11 is 0. The maximum atomic E-state index is 12.0. The van der Waals surface area contributed by atoms with Crippen LogP contribution in [0.2, 0.25) is 0 Å². The third-order valence-corrected chi connectivity index (χ3v) is 7.30. The van der Waals surface area contributed by atoms with Crippen LogP contribution in [0.25, 0.3) is 5.69 Å². The second kappa shape index (κ2) is 9.34. The van der Waals surface area contributed by atoms with Gasteiger partial charge in [0.25, 0.3) is 0 Å². The highest BCUT2D eigenvalue weighted by molar-refractivity contribution is 5.89. The lowest BCUT2D eigenvalue weighted by Crippen LogP contribution is -2.30. The first kappa shape index (κ1) is 22.7. The van der Waals surface area contributed by atoms with Crippen LogP contribution in [0.4, 0.5) is 0 Å². The molecule has 2 aliphatic rings. The Morgan fingerprint density at radius 1 is 1.14 bits per heavy atom. The third-order valence-electron chi connectivity index (χ3n) is 7.30. The Labute approximate surface area is 209 Å². The fourth-order valence-electron chi connectivity index (χ4n) is 5.38. The molecule has 1 aliphatic heterocycles. The minimum Gasteiger partial charge on any atom is -0.478 e. The van der Waals surface area contributed by atoms with Gasteiger partial charge in [-0.25, -0.2) is 14.5 Å². The number of carbonyl (C=O) groups is 1. The van der Waals surface area contributed by atoms with Crippen molar-refractivity contribution in [2.75, 3.05) is 13.1 Å². The predicted octanol–water partition coefficient (Wildman–Crippen LogP) is 3.20. The predicted molar refractivity (Wildman–Crippen MR) is 132 cm³/mol. The van der Waals surface area contributed by atoms with E-state index in [-0.39, 0.29) is 17.4 Å². The fourth-order valence-corrected chi connectivity index (χ4v) is 5.38. The number of likely N-dealkylation sites (tertiary alicyclic amines) is 1. The summed E-state index contributed by atoms with van der Waals surface area (Å²) in [6.07, 6.45) is 11.9. The van der Waals surface area contributed by atoms with Crippen LogP contribution >= 0.6 is 0 Å². The van der Waals surface area contributed by atoms with E-state index in [1.807, 2.05) is 37.8 Å². The molecular formula is C26H30N8O2. The van der Waals surface area contributed by atoms with Crippen molar-refractivity contribution < 1.29 is 9.90 Å². The van der Waals surface area contributed by atoms with E-state index >= 15 is 0 Å².